The molecule has 1 aromatic rings. The van der Waals surface area contributed by atoms with Crippen LogP contribution in [0, 0.1) is 5.82 Å². The van der Waals surface area contributed by atoms with Crippen LogP contribution in [-0.4, -0.2) is 16.1 Å². The van der Waals surface area contributed by atoms with Crippen LogP contribution in [0.1, 0.15) is 28.0 Å². The van der Waals surface area contributed by atoms with Crippen molar-refractivity contribution in [3.8, 4) is 0 Å². The number of carbonyl (C=O) groups is 1. The van der Waals surface area contributed by atoms with Gasteiger partial charge in [0.25, 0.3) is 6.43 Å². The Balaban J connectivity index is 3.39. The molecule has 0 amide bonds. The highest BCUT2D eigenvalue weighted by Gasteiger charge is 2.22. The Morgan fingerprint density at radius 3 is 2.60 bits per heavy atom. The van der Waals surface area contributed by atoms with Gasteiger partial charge in [-0.05, 0) is 0 Å². The molecule has 0 aromatic carbocycles. The summed E-state index contributed by atoms with van der Waals surface area (Å²) in [5, 5.41) is 8.58. The highest BCUT2D eigenvalue weighted by Crippen LogP contribution is 2.25. The van der Waals surface area contributed by atoms with Gasteiger partial charge in [-0.1, -0.05) is 0 Å². The fourth-order valence-electron chi connectivity index (χ4n) is 1.01. The van der Waals surface area contributed by atoms with Crippen LogP contribution in [0.25, 0.3) is 0 Å². The van der Waals surface area contributed by atoms with Gasteiger partial charge < -0.3 is 5.11 Å². The summed E-state index contributed by atoms with van der Waals surface area (Å²) in [7, 11) is 0. The average molecular weight is 240 g/mol. The molecule has 1 aromatic heterocycles. The molecule has 0 bridgehead atoms. The van der Waals surface area contributed by atoms with E-state index >= 15 is 0 Å². The van der Waals surface area contributed by atoms with Crippen LogP contribution in [0.15, 0.2) is 6.20 Å². The molecule has 82 valence electrons. The van der Waals surface area contributed by atoms with Crippen LogP contribution in [0.3, 0.4) is 0 Å². The number of halogens is 4. The molecule has 1 heterocycles. The molecule has 3 nitrogen and oxygen atoms in total. The minimum Gasteiger partial charge on any atom is -0.477 e. The summed E-state index contributed by atoms with van der Waals surface area (Å²) in [6.07, 6.45) is -2.55. The number of nitrogens with zero attached hydrogens (tertiary/aromatic N) is 1. The highest BCUT2D eigenvalue weighted by molar-refractivity contribution is 6.17. The molecular formula is C8H5ClF3NO2. The minimum absolute atomic E-state index is 0.500. The Morgan fingerprint density at radius 1 is 1.60 bits per heavy atom. The second-order valence-electron chi connectivity index (χ2n) is 2.59. The molecule has 1 rings (SSSR count). The van der Waals surface area contributed by atoms with Crippen molar-refractivity contribution < 1.29 is 23.1 Å². The number of carboxylic acid groups (broad SMARTS) is 1. The van der Waals surface area contributed by atoms with Gasteiger partial charge in [0.1, 0.15) is 5.82 Å². The smallest absolute Gasteiger partial charge is 0.354 e. The maximum atomic E-state index is 13.3. The van der Waals surface area contributed by atoms with E-state index < -0.39 is 40.9 Å². The predicted octanol–water partition coefficient (Wildman–Crippen LogP) is 2.60. The van der Waals surface area contributed by atoms with Crippen molar-refractivity contribution >= 4 is 17.6 Å². The Hall–Kier alpha value is -1.30. The average Bonchev–Trinajstić information content (AvgIpc) is 2.16. The number of hydrogen-bond donors (Lipinski definition) is 1. The molecule has 0 saturated heterocycles. The van der Waals surface area contributed by atoms with Crippen LogP contribution in [0.5, 0.6) is 0 Å². The van der Waals surface area contributed by atoms with Crippen molar-refractivity contribution in [3.63, 3.8) is 0 Å². The van der Waals surface area contributed by atoms with Crippen molar-refractivity contribution in [3.05, 3.63) is 28.8 Å². The number of carboxylic acids is 1. The molecule has 15 heavy (non-hydrogen) atoms. The lowest BCUT2D eigenvalue weighted by molar-refractivity contribution is 0.0687. The van der Waals surface area contributed by atoms with Crippen LogP contribution in [0.4, 0.5) is 13.2 Å². The van der Waals surface area contributed by atoms with Crippen molar-refractivity contribution in [2.24, 2.45) is 0 Å². The molecule has 0 aliphatic heterocycles. The number of hydrogen-bond acceptors (Lipinski definition) is 2. The van der Waals surface area contributed by atoms with Gasteiger partial charge in [-0.25, -0.2) is 22.9 Å². The second kappa shape index (κ2) is 4.48. The van der Waals surface area contributed by atoms with E-state index in [1.54, 1.807) is 0 Å². The van der Waals surface area contributed by atoms with E-state index in [0.717, 1.165) is 0 Å². The fourth-order valence-corrected chi connectivity index (χ4v) is 1.25. The zero-order valence-corrected chi connectivity index (χ0v) is 7.93. The highest BCUT2D eigenvalue weighted by atomic mass is 35.5. The lowest BCUT2D eigenvalue weighted by atomic mass is 10.1. The van der Waals surface area contributed by atoms with Crippen molar-refractivity contribution in [1.29, 1.82) is 0 Å². The normalized spacial score (nSPS) is 10.7. The Kier molecular flexibility index (Phi) is 3.52. The maximum absolute atomic E-state index is 13.3. The SMILES string of the molecule is O=C(O)c1ncc(C(F)F)c(F)c1CCl. The van der Waals surface area contributed by atoms with E-state index in [4.69, 9.17) is 16.7 Å². The number of rotatable bonds is 3. The first kappa shape index (κ1) is 11.8. The second-order valence-corrected chi connectivity index (χ2v) is 2.86. The van der Waals surface area contributed by atoms with Gasteiger partial charge in [0.15, 0.2) is 5.69 Å². The first-order valence-corrected chi connectivity index (χ1v) is 4.27. The van der Waals surface area contributed by atoms with E-state index in [1.807, 2.05) is 0 Å². The molecule has 0 saturated carbocycles. The lowest BCUT2D eigenvalue weighted by Crippen LogP contribution is -2.09. The quantitative estimate of drug-likeness (QED) is 0.825. The Morgan fingerprint density at radius 2 is 2.20 bits per heavy atom. The molecular weight excluding hydrogens is 235 g/mol. The first-order chi connectivity index (χ1) is 6.99. The van der Waals surface area contributed by atoms with Gasteiger partial charge in [0.05, 0.1) is 11.4 Å². The summed E-state index contributed by atoms with van der Waals surface area (Å²) in [6, 6.07) is 0. The summed E-state index contributed by atoms with van der Waals surface area (Å²) in [5.41, 5.74) is -2.12. The zero-order chi connectivity index (χ0) is 11.6. The lowest BCUT2D eigenvalue weighted by Gasteiger charge is -2.07. The summed E-state index contributed by atoms with van der Waals surface area (Å²) in [5.74, 6) is -3.35. The van der Waals surface area contributed by atoms with E-state index in [0.29, 0.717) is 6.20 Å². The van der Waals surface area contributed by atoms with Crippen LogP contribution >= 0.6 is 11.6 Å². The largest absolute Gasteiger partial charge is 0.477 e. The molecule has 0 aliphatic rings. The molecule has 0 atom stereocenters. The van der Waals surface area contributed by atoms with Crippen molar-refractivity contribution in [1.82, 2.24) is 4.98 Å². The Labute approximate surface area is 87.5 Å². The van der Waals surface area contributed by atoms with Gasteiger partial charge in [-0.15, -0.1) is 11.6 Å². The molecule has 0 radical (unpaired) electrons. The number of aromatic carboxylic acids is 1. The molecule has 7 heteroatoms. The molecule has 0 unspecified atom stereocenters. The first-order valence-electron chi connectivity index (χ1n) is 3.73. The maximum Gasteiger partial charge on any atom is 0.354 e. The third kappa shape index (κ3) is 2.20. The van der Waals surface area contributed by atoms with Gasteiger partial charge >= 0.3 is 5.97 Å². The fraction of sp³-hybridized carbons (Fsp3) is 0.250. The minimum atomic E-state index is -3.05. The van der Waals surface area contributed by atoms with Gasteiger partial charge in [-0.2, -0.15) is 0 Å². The topological polar surface area (TPSA) is 50.2 Å². The Bertz CT molecular complexity index is 398. The molecule has 0 fully saturated rings. The monoisotopic (exact) mass is 239 g/mol. The molecule has 0 aliphatic carbocycles. The van der Waals surface area contributed by atoms with E-state index in [2.05, 4.69) is 4.98 Å². The zero-order valence-electron chi connectivity index (χ0n) is 7.18. The van der Waals surface area contributed by atoms with Crippen molar-refractivity contribution in [2.45, 2.75) is 12.3 Å². The number of aromatic nitrogens is 1. The number of pyridine rings is 1. The third-order valence-corrected chi connectivity index (χ3v) is 1.98. The number of alkyl halides is 3. The summed E-state index contributed by atoms with van der Waals surface area (Å²) in [6.45, 7) is 0. The van der Waals surface area contributed by atoms with E-state index in [9.17, 15) is 18.0 Å². The van der Waals surface area contributed by atoms with Gasteiger partial charge in [0, 0.05) is 11.8 Å². The van der Waals surface area contributed by atoms with E-state index in [-0.39, 0.29) is 0 Å². The summed E-state index contributed by atoms with van der Waals surface area (Å²) >= 11 is 5.27. The van der Waals surface area contributed by atoms with Gasteiger partial charge in [-0.3, -0.25) is 0 Å². The third-order valence-electron chi connectivity index (χ3n) is 1.71. The van der Waals surface area contributed by atoms with Crippen LogP contribution in [-0.2, 0) is 5.88 Å². The van der Waals surface area contributed by atoms with Crippen LogP contribution < -0.4 is 0 Å². The molecule has 1 N–H and O–H groups in total. The standard InChI is InChI=1S/C8H5ClF3NO2/c9-1-3-5(10)4(7(11)12)2-13-6(3)8(14)15/h2,7H,1H2,(H,14,15). The van der Waals surface area contributed by atoms with Crippen LogP contribution in [0.2, 0.25) is 0 Å². The van der Waals surface area contributed by atoms with E-state index in [1.165, 1.54) is 0 Å². The van der Waals surface area contributed by atoms with Gasteiger partial charge in [0.2, 0.25) is 0 Å². The predicted molar refractivity (Wildman–Crippen MR) is 45.7 cm³/mol. The summed E-state index contributed by atoms with van der Waals surface area (Å²) < 4.78 is 37.7. The van der Waals surface area contributed by atoms with Crippen molar-refractivity contribution in [2.75, 3.05) is 0 Å². The molecule has 0 spiro atoms. The summed E-state index contributed by atoms with van der Waals surface area (Å²) in [4.78, 5) is 13.8.